The molecule has 0 bridgehead atoms. The van der Waals surface area contributed by atoms with Gasteiger partial charge in [0.25, 0.3) is 0 Å². The van der Waals surface area contributed by atoms with Gasteiger partial charge in [-0.1, -0.05) is 54.6 Å². The normalized spacial score (nSPS) is 22.9. The predicted molar refractivity (Wildman–Crippen MR) is 134 cm³/mol. The molecule has 5 heteroatoms. The highest BCUT2D eigenvalue weighted by molar-refractivity contribution is 5.78. The maximum atomic E-state index is 13.2. The molecule has 5 nitrogen and oxygen atoms in total. The highest BCUT2D eigenvalue weighted by atomic mass is 16.3. The van der Waals surface area contributed by atoms with Crippen LogP contribution in [0.2, 0.25) is 0 Å². The summed E-state index contributed by atoms with van der Waals surface area (Å²) in [5, 5.41) is 10.2. The molecular weight excluding hydrogens is 422 g/mol. The van der Waals surface area contributed by atoms with Crippen molar-refractivity contribution in [2.45, 2.75) is 44.2 Å². The fraction of sp³-hybridized carbons (Fsp3) is 0.379. The number of hydrogen-bond acceptors (Lipinski definition) is 4. The number of amides is 1. The second-order valence-electron chi connectivity index (χ2n) is 9.56. The molecule has 1 aromatic heterocycles. The molecule has 34 heavy (non-hydrogen) atoms. The van der Waals surface area contributed by atoms with E-state index in [0.717, 1.165) is 31.6 Å². The molecule has 1 N–H and O–H groups in total. The summed E-state index contributed by atoms with van der Waals surface area (Å²) < 4.78 is 0. The molecule has 176 valence electrons. The van der Waals surface area contributed by atoms with Crippen LogP contribution in [0.1, 0.15) is 35.6 Å². The van der Waals surface area contributed by atoms with Gasteiger partial charge in [0.2, 0.25) is 5.91 Å². The Bertz CT molecular complexity index is 1120. The third kappa shape index (κ3) is 4.50. The first-order valence-electron chi connectivity index (χ1n) is 12.4. The van der Waals surface area contributed by atoms with Gasteiger partial charge in [-0.25, -0.2) is 0 Å². The van der Waals surface area contributed by atoms with Gasteiger partial charge in [-0.15, -0.1) is 0 Å². The lowest BCUT2D eigenvalue weighted by Gasteiger charge is -2.57. The third-order valence-electron chi connectivity index (χ3n) is 7.53. The minimum absolute atomic E-state index is 0.111. The van der Waals surface area contributed by atoms with Crippen LogP contribution in [0.3, 0.4) is 0 Å². The number of fused-ring (bicyclic) bond motifs is 1. The van der Waals surface area contributed by atoms with Crippen molar-refractivity contribution in [2.24, 2.45) is 0 Å². The Morgan fingerprint density at radius 1 is 1.00 bits per heavy atom. The van der Waals surface area contributed by atoms with Gasteiger partial charge in [0.1, 0.15) is 0 Å². The van der Waals surface area contributed by atoms with Crippen molar-refractivity contribution in [1.29, 1.82) is 0 Å². The molecule has 0 saturated carbocycles. The first kappa shape index (κ1) is 22.8. The number of aliphatic hydroxyl groups is 1. The summed E-state index contributed by atoms with van der Waals surface area (Å²) in [5.74, 6) is 0.362. The Hall–Kier alpha value is -3.02. The summed E-state index contributed by atoms with van der Waals surface area (Å²) in [7, 11) is 0. The van der Waals surface area contributed by atoms with Crippen LogP contribution in [0.4, 0.5) is 0 Å². The highest BCUT2D eigenvalue weighted by Gasteiger charge is 2.49. The lowest BCUT2D eigenvalue weighted by atomic mass is 9.74. The molecule has 2 aliphatic heterocycles. The van der Waals surface area contributed by atoms with Crippen LogP contribution >= 0.6 is 0 Å². The van der Waals surface area contributed by atoms with E-state index in [4.69, 9.17) is 0 Å². The van der Waals surface area contributed by atoms with Crippen LogP contribution < -0.4 is 0 Å². The van der Waals surface area contributed by atoms with Gasteiger partial charge in [-0.05, 0) is 60.7 Å². The second kappa shape index (κ2) is 10.1. The molecule has 5 rings (SSSR count). The Morgan fingerprint density at radius 3 is 2.50 bits per heavy atom. The Kier molecular flexibility index (Phi) is 6.75. The minimum Gasteiger partial charge on any atom is -0.395 e. The van der Waals surface area contributed by atoms with Gasteiger partial charge >= 0.3 is 0 Å². The molecule has 2 aromatic carbocycles. The van der Waals surface area contributed by atoms with Gasteiger partial charge in [0.15, 0.2) is 0 Å². The van der Waals surface area contributed by atoms with E-state index in [2.05, 4.69) is 65.3 Å². The number of pyridine rings is 1. The van der Waals surface area contributed by atoms with Crippen LogP contribution in [-0.4, -0.2) is 64.1 Å². The molecule has 0 spiro atoms. The quantitative estimate of drug-likeness (QED) is 0.631. The van der Waals surface area contributed by atoms with E-state index < -0.39 is 0 Å². The van der Waals surface area contributed by atoms with Crippen molar-refractivity contribution in [1.82, 2.24) is 14.8 Å². The van der Waals surface area contributed by atoms with E-state index >= 15 is 0 Å². The van der Waals surface area contributed by atoms with Gasteiger partial charge in [-0.3, -0.25) is 14.7 Å². The van der Waals surface area contributed by atoms with Crippen LogP contribution in [0, 0.1) is 6.92 Å². The number of benzene rings is 2. The fourth-order valence-electron chi connectivity index (χ4n) is 5.72. The van der Waals surface area contributed by atoms with Gasteiger partial charge in [0, 0.05) is 43.0 Å². The number of aromatic nitrogens is 1. The smallest absolute Gasteiger partial charge is 0.228 e. The van der Waals surface area contributed by atoms with Crippen LogP contribution in [0.25, 0.3) is 11.1 Å². The number of carbonyl (C=O) groups excluding carboxylic acids is 1. The average Bonchev–Trinajstić information content (AvgIpc) is 2.84. The van der Waals surface area contributed by atoms with E-state index in [0.29, 0.717) is 13.0 Å². The average molecular weight is 456 g/mol. The summed E-state index contributed by atoms with van der Waals surface area (Å²) in [6.07, 6.45) is 4.11. The molecule has 0 radical (unpaired) electrons. The number of aryl methyl sites for hydroxylation is 1. The molecule has 3 heterocycles. The molecule has 2 fully saturated rings. The van der Waals surface area contributed by atoms with E-state index in [9.17, 15) is 9.90 Å². The van der Waals surface area contributed by atoms with Gasteiger partial charge < -0.3 is 10.0 Å². The van der Waals surface area contributed by atoms with Gasteiger partial charge in [0.05, 0.1) is 13.0 Å². The zero-order chi connectivity index (χ0) is 23.5. The first-order chi connectivity index (χ1) is 16.7. The van der Waals surface area contributed by atoms with Crippen molar-refractivity contribution >= 4 is 5.91 Å². The van der Waals surface area contributed by atoms with Crippen molar-refractivity contribution < 1.29 is 9.90 Å². The SMILES string of the molecule is Cc1ccccc1-c1ccc([C@@H]2[C@@H](CO)N3CCCCN(C(=O)Cc4ccccn4)C[C@@H]23)cc1. The first-order valence-corrected chi connectivity index (χ1v) is 12.4. The van der Waals surface area contributed by atoms with Crippen molar-refractivity contribution in [3.8, 4) is 11.1 Å². The highest BCUT2D eigenvalue weighted by Crippen LogP contribution is 2.42. The zero-order valence-corrected chi connectivity index (χ0v) is 19.8. The number of rotatable bonds is 5. The number of nitrogens with zero attached hydrogens (tertiary/aromatic N) is 3. The van der Waals surface area contributed by atoms with E-state index in [1.165, 1.54) is 22.3 Å². The minimum atomic E-state index is 0.111. The maximum Gasteiger partial charge on any atom is 0.228 e. The summed E-state index contributed by atoms with van der Waals surface area (Å²) in [4.78, 5) is 21.9. The van der Waals surface area contributed by atoms with Crippen molar-refractivity contribution in [3.63, 3.8) is 0 Å². The summed E-state index contributed by atoms with van der Waals surface area (Å²) in [6, 6.07) is 23.3. The molecule has 3 aromatic rings. The van der Waals surface area contributed by atoms with Crippen molar-refractivity contribution in [3.05, 3.63) is 89.7 Å². The van der Waals surface area contributed by atoms with Crippen LogP contribution in [0.15, 0.2) is 72.9 Å². The molecular formula is C29H33N3O2. The molecule has 3 atom stereocenters. The standard InChI is InChI=1S/C29H33N3O2/c1-21-8-2-3-10-25(21)22-11-13-23(14-12-22)29-26-19-31(16-6-7-17-32(26)27(29)20-33)28(34)18-24-9-4-5-15-30-24/h2-5,8-15,26-27,29,33H,6-7,16-20H2,1H3/t26-,27+,29-/m0/s1. The van der Waals surface area contributed by atoms with Crippen LogP contribution in [0.5, 0.6) is 0 Å². The number of carbonyl (C=O) groups is 1. The lowest BCUT2D eigenvalue weighted by Crippen LogP contribution is -2.68. The second-order valence-corrected chi connectivity index (χ2v) is 9.56. The number of aliphatic hydroxyl groups excluding tert-OH is 1. The predicted octanol–water partition coefficient (Wildman–Crippen LogP) is 4.05. The third-order valence-corrected chi connectivity index (χ3v) is 7.53. The molecule has 1 amide bonds. The Labute approximate surface area is 202 Å². The summed E-state index contributed by atoms with van der Waals surface area (Å²) in [5.41, 5.74) is 5.79. The molecule has 2 aliphatic rings. The summed E-state index contributed by atoms with van der Waals surface area (Å²) in [6.45, 7) is 4.75. The van der Waals surface area contributed by atoms with E-state index in [1.807, 2.05) is 23.1 Å². The molecule has 0 aliphatic carbocycles. The number of hydrogen-bond donors (Lipinski definition) is 1. The van der Waals surface area contributed by atoms with Gasteiger partial charge in [-0.2, -0.15) is 0 Å². The lowest BCUT2D eigenvalue weighted by molar-refractivity contribution is -0.135. The maximum absolute atomic E-state index is 13.2. The molecule has 2 saturated heterocycles. The monoisotopic (exact) mass is 455 g/mol. The Morgan fingerprint density at radius 2 is 1.76 bits per heavy atom. The van der Waals surface area contributed by atoms with Crippen molar-refractivity contribution in [2.75, 3.05) is 26.2 Å². The molecule has 0 unspecified atom stereocenters. The Balaban J connectivity index is 1.36. The van der Waals surface area contributed by atoms with E-state index in [-0.39, 0.29) is 30.5 Å². The largest absolute Gasteiger partial charge is 0.395 e. The fourth-order valence-corrected chi connectivity index (χ4v) is 5.72. The van der Waals surface area contributed by atoms with E-state index in [1.54, 1.807) is 6.20 Å². The summed E-state index contributed by atoms with van der Waals surface area (Å²) >= 11 is 0. The topological polar surface area (TPSA) is 56.7 Å². The zero-order valence-electron chi connectivity index (χ0n) is 19.8. The van der Waals surface area contributed by atoms with Crippen LogP contribution in [-0.2, 0) is 11.2 Å².